The standard InChI is InChI=1S/C14H21N3/c1-14(8-3-2-5-13(14)16)11-17(10-4-9-15)12-6-7-12/h2-3,5,12H,4,6-8,10-11,16H2,1H3. The molecule has 0 radical (unpaired) electrons. The first-order chi connectivity index (χ1) is 8.15. The van der Waals surface area contributed by atoms with Gasteiger partial charge in [-0.15, -0.1) is 0 Å². The number of rotatable bonds is 5. The zero-order valence-electron chi connectivity index (χ0n) is 10.5. The van der Waals surface area contributed by atoms with Gasteiger partial charge in [-0.3, -0.25) is 4.90 Å². The molecule has 3 heteroatoms. The monoisotopic (exact) mass is 231 g/mol. The molecule has 0 saturated heterocycles. The average molecular weight is 231 g/mol. The molecule has 2 aliphatic rings. The van der Waals surface area contributed by atoms with Crippen molar-refractivity contribution in [1.29, 1.82) is 5.26 Å². The third-order valence-corrected chi connectivity index (χ3v) is 3.80. The molecule has 1 unspecified atom stereocenters. The van der Waals surface area contributed by atoms with Crippen molar-refractivity contribution in [1.82, 2.24) is 4.90 Å². The summed E-state index contributed by atoms with van der Waals surface area (Å²) in [7, 11) is 0. The van der Waals surface area contributed by atoms with Crippen molar-refractivity contribution in [3.8, 4) is 6.07 Å². The summed E-state index contributed by atoms with van der Waals surface area (Å²) in [6, 6.07) is 2.93. The van der Waals surface area contributed by atoms with Crippen LogP contribution in [0.3, 0.4) is 0 Å². The van der Waals surface area contributed by atoms with Gasteiger partial charge in [-0.2, -0.15) is 5.26 Å². The van der Waals surface area contributed by atoms with Crippen LogP contribution in [0.5, 0.6) is 0 Å². The normalized spacial score (nSPS) is 27.9. The van der Waals surface area contributed by atoms with E-state index in [1.54, 1.807) is 0 Å². The summed E-state index contributed by atoms with van der Waals surface area (Å²) in [5, 5.41) is 8.72. The van der Waals surface area contributed by atoms with Crippen LogP contribution in [0.1, 0.15) is 32.6 Å². The Labute approximate surface area is 104 Å². The van der Waals surface area contributed by atoms with Crippen LogP contribution in [0.25, 0.3) is 0 Å². The van der Waals surface area contributed by atoms with Crippen LogP contribution in [0.15, 0.2) is 23.9 Å². The molecule has 1 fully saturated rings. The largest absolute Gasteiger partial charge is 0.402 e. The van der Waals surface area contributed by atoms with E-state index in [1.807, 2.05) is 12.2 Å². The fraction of sp³-hybridized carbons (Fsp3) is 0.643. The number of nitrogens with two attached hydrogens (primary N) is 1. The van der Waals surface area contributed by atoms with Gasteiger partial charge in [0.15, 0.2) is 0 Å². The molecule has 17 heavy (non-hydrogen) atoms. The third-order valence-electron chi connectivity index (χ3n) is 3.80. The molecule has 1 saturated carbocycles. The van der Waals surface area contributed by atoms with Gasteiger partial charge >= 0.3 is 0 Å². The highest BCUT2D eigenvalue weighted by Gasteiger charge is 2.36. The van der Waals surface area contributed by atoms with Crippen molar-refractivity contribution in [2.45, 2.75) is 38.6 Å². The lowest BCUT2D eigenvalue weighted by Gasteiger charge is -2.36. The fourth-order valence-electron chi connectivity index (χ4n) is 2.45. The molecule has 2 N–H and O–H groups in total. The smallest absolute Gasteiger partial charge is 0.0635 e. The maximum Gasteiger partial charge on any atom is 0.0635 e. The minimum Gasteiger partial charge on any atom is -0.402 e. The second-order valence-electron chi connectivity index (χ2n) is 5.42. The third kappa shape index (κ3) is 2.89. The summed E-state index contributed by atoms with van der Waals surface area (Å²) >= 11 is 0. The van der Waals surface area contributed by atoms with Crippen molar-refractivity contribution in [2.24, 2.45) is 11.1 Å². The fourth-order valence-corrected chi connectivity index (χ4v) is 2.45. The highest BCUT2D eigenvalue weighted by molar-refractivity contribution is 5.23. The van der Waals surface area contributed by atoms with Gasteiger partial charge in [-0.25, -0.2) is 0 Å². The van der Waals surface area contributed by atoms with Gasteiger partial charge in [0.25, 0.3) is 0 Å². The second kappa shape index (κ2) is 4.93. The number of hydrogen-bond donors (Lipinski definition) is 1. The molecule has 0 aromatic rings. The van der Waals surface area contributed by atoms with Gasteiger partial charge in [-0.1, -0.05) is 19.1 Å². The van der Waals surface area contributed by atoms with E-state index in [-0.39, 0.29) is 5.41 Å². The van der Waals surface area contributed by atoms with Crippen LogP contribution < -0.4 is 5.73 Å². The molecule has 0 amide bonds. The molecule has 0 aromatic carbocycles. The molecule has 92 valence electrons. The number of allylic oxidation sites excluding steroid dienone is 3. The Balaban J connectivity index is 1.99. The summed E-state index contributed by atoms with van der Waals surface area (Å²) in [5.74, 6) is 0. The van der Waals surface area contributed by atoms with Crippen molar-refractivity contribution < 1.29 is 0 Å². The van der Waals surface area contributed by atoms with E-state index in [9.17, 15) is 0 Å². The van der Waals surface area contributed by atoms with Gasteiger partial charge < -0.3 is 5.73 Å². The van der Waals surface area contributed by atoms with E-state index >= 15 is 0 Å². The molecule has 0 heterocycles. The first kappa shape index (κ1) is 12.2. The van der Waals surface area contributed by atoms with Gasteiger partial charge in [0.05, 0.1) is 6.07 Å². The molecule has 0 spiro atoms. The summed E-state index contributed by atoms with van der Waals surface area (Å²) in [6.07, 6.45) is 10.4. The van der Waals surface area contributed by atoms with Gasteiger partial charge in [0.1, 0.15) is 0 Å². The van der Waals surface area contributed by atoms with Crippen molar-refractivity contribution in [3.05, 3.63) is 23.9 Å². The van der Waals surface area contributed by atoms with E-state index < -0.39 is 0 Å². The van der Waals surface area contributed by atoms with E-state index in [4.69, 9.17) is 11.0 Å². The molecule has 0 aliphatic heterocycles. The summed E-state index contributed by atoms with van der Waals surface area (Å²) in [4.78, 5) is 2.45. The van der Waals surface area contributed by atoms with Gasteiger partial charge in [0, 0.05) is 36.7 Å². The molecule has 0 bridgehead atoms. The molecule has 1 atom stereocenters. The second-order valence-corrected chi connectivity index (χ2v) is 5.42. The van der Waals surface area contributed by atoms with Gasteiger partial charge in [0.2, 0.25) is 0 Å². The highest BCUT2D eigenvalue weighted by atomic mass is 15.2. The summed E-state index contributed by atoms with van der Waals surface area (Å²) in [6.45, 7) is 4.09. The molecule has 2 aliphatic carbocycles. The predicted molar refractivity (Wildman–Crippen MR) is 69.0 cm³/mol. The Morgan fingerprint density at radius 1 is 1.59 bits per heavy atom. The molecular formula is C14H21N3. The summed E-state index contributed by atoms with van der Waals surface area (Å²) in [5.41, 5.74) is 7.15. The van der Waals surface area contributed by atoms with Crippen LogP contribution in [-0.2, 0) is 0 Å². The van der Waals surface area contributed by atoms with Crippen molar-refractivity contribution in [2.75, 3.05) is 13.1 Å². The molecule has 3 nitrogen and oxygen atoms in total. The average Bonchev–Trinajstić information content (AvgIpc) is 3.13. The van der Waals surface area contributed by atoms with Crippen LogP contribution in [0.4, 0.5) is 0 Å². The van der Waals surface area contributed by atoms with Crippen molar-refractivity contribution in [3.63, 3.8) is 0 Å². The highest BCUT2D eigenvalue weighted by Crippen LogP contribution is 2.36. The lowest BCUT2D eigenvalue weighted by molar-refractivity contribution is 0.183. The maximum absolute atomic E-state index is 8.72. The predicted octanol–water partition coefficient (Wildman–Crippen LogP) is 2.17. The van der Waals surface area contributed by atoms with Crippen molar-refractivity contribution >= 4 is 0 Å². The first-order valence-corrected chi connectivity index (χ1v) is 6.39. The van der Waals surface area contributed by atoms with E-state index in [0.29, 0.717) is 12.5 Å². The van der Waals surface area contributed by atoms with E-state index in [0.717, 1.165) is 25.2 Å². The zero-order chi connectivity index (χ0) is 12.3. The van der Waals surface area contributed by atoms with Crippen LogP contribution in [0, 0.1) is 16.7 Å². The van der Waals surface area contributed by atoms with E-state index in [1.165, 1.54) is 12.8 Å². The molecule has 0 aromatic heterocycles. The zero-order valence-corrected chi connectivity index (χ0v) is 10.5. The Hall–Kier alpha value is -1.27. The lowest BCUT2D eigenvalue weighted by atomic mass is 9.80. The molecule has 2 rings (SSSR count). The Bertz CT molecular complexity index is 373. The minimum absolute atomic E-state index is 0.0484. The Kier molecular flexibility index (Phi) is 3.54. The lowest BCUT2D eigenvalue weighted by Crippen LogP contribution is -2.41. The summed E-state index contributed by atoms with van der Waals surface area (Å²) < 4.78 is 0. The van der Waals surface area contributed by atoms with Crippen LogP contribution in [-0.4, -0.2) is 24.0 Å². The van der Waals surface area contributed by atoms with Crippen LogP contribution >= 0.6 is 0 Å². The quantitative estimate of drug-likeness (QED) is 0.789. The Morgan fingerprint density at radius 3 is 2.94 bits per heavy atom. The number of nitrogens with zero attached hydrogens (tertiary/aromatic N) is 2. The minimum atomic E-state index is 0.0484. The number of hydrogen-bond acceptors (Lipinski definition) is 3. The van der Waals surface area contributed by atoms with Crippen LogP contribution in [0.2, 0.25) is 0 Å². The molecular weight excluding hydrogens is 210 g/mol. The van der Waals surface area contributed by atoms with E-state index in [2.05, 4.69) is 24.0 Å². The Morgan fingerprint density at radius 2 is 2.35 bits per heavy atom. The SMILES string of the molecule is CC1(CN(CCC#N)C2CC2)CC=CC=C1N. The topological polar surface area (TPSA) is 53.0 Å². The maximum atomic E-state index is 8.72. The first-order valence-electron chi connectivity index (χ1n) is 6.39. The number of nitriles is 1. The van der Waals surface area contributed by atoms with Gasteiger partial charge in [-0.05, 0) is 25.3 Å².